The van der Waals surface area contributed by atoms with Crippen LogP contribution in [-0.4, -0.2) is 19.1 Å². The molecular weight excluding hydrogens is 116 g/mol. The molecule has 0 spiro atoms. The molecule has 0 atom stereocenters. The zero-order chi connectivity index (χ0) is 6.69. The maximum atomic E-state index is 10.5. The molecule has 0 aromatic heterocycles. The van der Waals surface area contributed by atoms with Gasteiger partial charge in [0.2, 0.25) is 0 Å². The van der Waals surface area contributed by atoms with Gasteiger partial charge in [-0.25, -0.2) is 10.1 Å². The van der Waals surface area contributed by atoms with Crippen LogP contribution in [0.1, 0.15) is 19.3 Å². The Morgan fingerprint density at radius 1 is 1.67 bits per heavy atom. The summed E-state index contributed by atoms with van der Waals surface area (Å²) in [6.07, 6.45) is 3.50. The van der Waals surface area contributed by atoms with Crippen LogP contribution in [0, 0.1) is 0 Å². The Hall–Kier alpha value is -0.730. The number of hydrogen-bond acceptors (Lipinski definition) is 1. The summed E-state index contributed by atoms with van der Waals surface area (Å²) in [5, 5.41) is 6.22. The average Bonchev–Trinajstić information content (AvgIpc) is 1.78. The highest BCUT2D eigenvalue weighted by Gasteiger charge is 2.18. The molecule has 0 saturated heterocycles. The lowest BCUT2D eigenvalue weighted by molar-refractivity contribution is 0.230. The van der Waals surface area contributed by atoms with Crippen LogP contribution in [0.25, 0.3) is 0 Å². The van der Waals surface area contributed by atoms with Crippen LogP contribution >= 0.6 is 0 Å². The SMILES string of the molecule is C[N]C(=O)NC1CCC1. The summed E-state index contributed by atoms with van der Waals surface area (Å²) >= 11 is 0. The Labute approximate surface area is 54.8 Å². The zero-order valence-corrected chi connectivity index (χ0v) is 5.55. The third-order valence-corrected chi connectivity index (χ3v) is 1.64. The molecule has 1 fully saturated rings. The standard InChI is InChI=1S/C6H11N2O/c1-7-6(9)8-5-3-2-4-5/h5H,2-4H2,1H3,(H,8,9). The van der Waals surface area contributed by atoms with Gasteiger partial charge in [0.05, 0.1) is 0 Å². The van der Waals surface area contributed by atoms with Gasteiger partial charge in [-0.15, -0.1) is 0 Å². The summed E-state index contributed by atoms with van der Waals surface area (Å²) in [6.45, 7) is 0. The normalized spacial score (nSPS) is 18.3. The number of urea groups is 1. The van der Waals surface area contributed by atoms with Gasteiger partial charge in [0, 0.05) is 13.1 Å². The minimum absolute atomic E-state index is 0.181. The molecule has 51 valence electrons. The van der Waals surface area contributed by atoms with Gasteiger partial charge in [0.15, 0.2) is 0 Å². The lowest BCUT2D eigenvalue weighted by Gasteiger charge is -2.25. The zero-order valence-electron chi connectivity index (χ0n) is 5.55. The van der Waals surface area contributed by atoms with Crippen molar-refractivity contribution in [1.82, 2.24) is 10.6 Å². The topological polar surface area (TPSA) is 43.2 Å². The number of carbonyl (C=O) groups is 1. The van der Waals surface area contributed by atoms with E-state index >= 15 is 0 Å². The van der Waals surface area contributed by atoms with E-state index in [0.29, 0.717) is 6.04 Å². The van der Waals surface area contributed by atoms with E-state index in [4.69, 9.17) is 0 Å². The van der Waals surface area contributed by atoms with Crippen molar-refractivity contribution in [2.75, 3.05) is 7.05 Å². The number of amides is 2. The lowest BCUT2D eigenvalue weighted by Crippen LogP contribution is -2.41. The minimum atomic E-state index is -0.181. The summed E-state index contributed by atoms with van der Waals surface area (Å²) in [6, 6.07) is 0.237. The smallest absolute Gasteiger partial charge is 0.334 e. The van der Waals surface area contributed by atoms with E-state index in [0.717, 1.165) is 12.8 Å². The van der Waals surface area contributed by atoms with E-state index in [1.165, 1.54) is 13.5 Å². The van der Waals surface area contributed by atoms with E-state index in [1.807, 2.05) is 0 Å². The second-order valence-electron chi connectivity index (χ2n) is 2.30. The van der Waals surface area contributed by atoms with E-state index in [1.54, 1.807) is 0 Å². The van der Waals surface area contributed by atoms with Gasteiger partial charge in [-0.1, -0.05) is 0 Å². The fraction of sp³-hybridized carbons (Fsp3) is 0.833. The van der Waals surface area contributed by atoms with Crippen molar-refractivity contribution in [3.63, 3.8) is 0 Å². The van der Waals surface area contributed by atoms with Crippen molar-refractivity contribution in [1.29, 1.82) is 0 Å². The highest BCUT2D eigenvalue weighted by molar-refractivity contribution is 5.73. The quantitative estimate of drug-likeness (QED) is 0.547. The Balaban J connectivity index is 2.09. The molecule has 0 unspecified atom stereocenters. The number of hydrogen-bond donors (Lipinski definition) is 1. The third-order valence-electron chi connectivity index (χ3n) is 1.64. The fourth-order valence-corrected chi connectivity index (χ4v) is 0.792. The molecule has 3 nitrogen and oxygen atoms in total. The highest BCUT2D eigenvalue weighted by Crippen LogP contribution is 2.17. The van der Waals surface area contributed by atoms with Gasteiger partial charge >= 0.3 is 6.03 Å². The molecule has 0 aromatic carbocycles. The molecule has 2 amide bonds. The van der Waals surface area contributed by atoms with Crippen LogP contribution in [0.3, 0.4) is 0 Å². The van der Waals surface area contributed by atoms with Gasteiger partial charge < -0.3 is 5.32 Å². The molecule has 1 radical (unpaired) electrons. The molecule has 1 saturated carbocycles. The van der Waals surface area contributed by atoms with Crippen molar-refractivity contribution in [2.24, 2.45) is 0 Å². The summed E-state index contributed by atoms with van der Waals surface area (Å²) in [5.41, 5.74) is 0. The van der Waals surface area contributed by atoms with Crippen LogP contribution in [-0.2, 0) is 0 Å². The van der Waals surface area contributed by atoms with Crippen LogP contribution in [0.15, 0.2) is 0 Å². The van der Waals surface area contributed by atoms with Crippen molar-refractivity contribution in [3.8, 4) is 0 Å². The van der Waals surface area contributed by atoms with Gasteiger partial charge in [-0.05, 0) is 19.3 Å². The third kappa shape index (κ3) is 1.59. The number of rotatable bonds is 1. The first kappa shape index (κ1) is 6.39. The molecule has 1 rings (SSSR count). The Bertz CT molecular complexity index is 110. The largest absolute Gasteiger partial charge is 0.336 e. The van der Waals surface area contributed by atoms with Gasteiger partial charge in [-0.3, -0.25) is 0 Å². The van der Waals surface area contributed by atoms with Crippen LogP contribution in [0.5, 0.6) is 0 Å². The summed E-state index contributed by atoms with van der Waals surface area (Å²) in [7, 11) is 1.51. The van der Waals surface area contributed by atoms with Crippen molar-refractivity contribution in [2.45, 2.75) is 25.3 Å². The summed E-state index contributed by atoms with van der Waals surface area (Å²) in [5.74, 6) is 0. The molecule has 1 aliphatic rings. The van der Waals surface area contributed by atoms with Crippen molar-refractivity contribution < 1.29 is 4.79 Å². The first-order valence-corrected chi connectivity index (χ1v) is 3.23. The molecule has 3 heteroatoms. The molecule has 0 heterocycles. The monoisotopic (exact) mass is 127 g/mol. The Morgan fingerprint density at radius 2 is 2.33 bits per heavy atom. The van der Waals surface area contributed by atoms with Crippen molar-refractivity contribution in [3.05, 3.63) is 0 Å². The number of nitrogens with zero attached hydrogens (tertiary/aromatic N) is 1. The fourth-order valence-electron chi connectivity index (χ4n) is 0.792. The molecule has 1 aliphatic carbocycles. The summed E-state index contributed by atoms with van der Waals surface area (Å²) in [4.78, 5) is 10.5. The molecule has 9 heavy (non-hydrogen) atoms. The maximum Gasteiger partial charge on any atom is 0.336 e. The molecular formula is C6H11N2O. The second-order valence-corrected chi connectivity index (χ2v) is 2.30. The Morgan fingerprint density at radius 3 is 2.67 bits per heavy atom. The van der Waals surface area contributed by atoms with E-state index in [-0.39, 0.29) is 6.03 Å². The molecule has 1 N–H and O–H groups in total. The van der Waals surface area contributed by atoms with Crippen LogP contribution < -0.4 is 10.6 Å². The van der Waals surface area contributed by atoms with E-state index in [9.17, 15) is 4.79 Å². The average molecular weight is 127 g/mol. The number of carbonyl (C=O) groups excluding carboxylic acids is 1. The minimum Gasteiger partial charge on any atom is -0.334 e. The summed E-state index contributed by atoms with van der Waals surface area (Å²) < 4.78 is 0. The highest BCUT2D eigenvalue weighted by atomic mass is 16.2. The predicted octanol–water partition coefficient (Wildman–Crippen LogP) is 0.483. The molecule has 0 bridgehead atoms. The molecule has 0 aliphatic heterocycles. The van der Waals surface area contributed by atoms with Gasteiger partial charge in [0.25, 0.3) is 0 Å². The maximum absolute atomic E-state index is 10.5. The first-order chi connectivity index (χ1) is 4.33. The lowest BCUT2D eigenvalue weighted by atomic mass is 9.93. The van der Waals surface area contributed by atoms with Gasteiger partial charge in [0.1, 0.15) is 0 Å². The predicted molar refractivity (Wildman–Crippen MR) is 34.2 cm³/mol. The second kappa shape index (κ2) is 2.71. The van der Waals surface area contributed by atoms with Gasteiger partial charge in [-0.2, -0.15) is 0 Å². The van der Waals surface area contributed by atoms with Crippen molar-refractivity contribution >= 4 is 6.03 Å². The van der Waals surface area contributed by atoms with Crippen LogP contribution in [0.4, 0.5) is 4.79 Å². The van der Waals surface area contributed by atoms with E-state index < -0.39 is 0 Å². The van der Waals surface area contributed by atoms with E-state index in [2.05, 4.69) is 10.6 Å². The molecule has 0 aromatic rings. The Kier molecular flexibility index (Phi) is 1.92. The van der Waals surface area contributed by atoms with Crippen LogP contribution in [0.2, 0.25) is 0 Å². The number of nitrogens with one attached hydrogen (secondary N) is 1. The first-order valence-electron chi connectivity index (χ1n) is 3.23.